The molecule has 1 aliphatic heterocycles. The molecule has 0 spiro atoms. The Labute approximate surface area is 159 Å². The van der Waals surface area contributed by atoms with Crippen LogP contribution in [0.3, 0.4) is 0 Å². The van der Waals surface area contributed by atoms with Crippen LogP contribution >= 0.6 is 0 Å². The fourth-order valence-corrected chi connectivity index (χ4v) is 4.84. The summed E-state index contributed by atoms with van der Waals surface area (Å²) >= 11 is 0. The number of sulfone groups is 1. The Morgan fingerprint density at radius 3 is 2.70 bits per heavy atom. The van der Waals surface area contributed by atoms with Crippen LogP contribution in [0, 0.1) is 0 Å². The van der Waals surface area contributed by atoms with E-state index in [0.717, 1.165) is 11.4 Å². The molecule has 0 unspecified atom stereocenters. The van der Waals surface area contributed by atoms with Gasteiger partial charge in [0.25, 0.3) is 0 Å². The van der Waals surface area contributed by atoms with Crippen molar-refractivity contribution < 1.29 is 13.2 Å². The summed E-state index contributed by atoms with van der Waals surface area (Å²) in [5.74, 6) is 0.943. The Kier molecular flexibility index (Phi) is 5.95. The largest absolute Gasteiger partial charge is 0.355 e. The molecular weight excluding hydrogens is 364 g/mol. The first-order chi connectivity index (χ1) is 12.9. The molecule has 2 aromatic rings. The van der Waals surface area contributed by atoms with Gasteiger partial charge in [-0.2, -0.15) is 0 Å². The third-order valence-electron chi connectivity index (χ3n) is 4.50. The number of pyridine rings is 1. The maximum atomic E-state index is 12.1. The second kappa shape index (κ2) is 8.39. The number of hydrogen-bond donors (Lipinski definition) is 2. The minimum atomic E-state index is -3.02. The van der Waals surface area contributed by atoms with E-state index in [4.69, 9.17) is 0 Å². The molecule has 0 aliphatic carbocycles. The molecule has 1 fully saturated rings. The van der Waals surface area contributed by atoms with Crippen LogP contribution in [0.25, 0.3) is 0 Å². The van der Waals surface area contributed by atoms with Gasteiger partial charge in [-0.1, -0.05) is 36.4 Å². The Morgan fingerprint density at radius 1 is 1.22 bits per heavy atom. The van der Waals surface area contributed by atoms with E-state index in [1.165, 1.54) is 5.56 Å². The van der Waals surface area contributed by atoms with Crippen LogP contribution < -0.4 is 15.5 Å². The molecule has 1 aliphatic rings. The van der Waals surface area contributed by atoms with Gasteiger partial charge < -0.3 is 15.5 Å². The molecule has 144 valence electrons. The minimum Gasteiger partial charge on any atom is -0.355 e. The number of nitrogens with zero attached hydrogens (tertiary/aromatic N) is 2. The van der Waals surface area contributed by atoms with E-state index in [1.54, 1.807) is 6.20 Å². The summed E-state index contributed by atoms with van der Waals surface area (Å²) in [6.07, 6.45) is 2.19. The molecule has 0 saturated carbocycles. The second-order valence-electron chi connectivity index (χ2n) is 6.75. The number of amides is 2. The van der Waals surface area contributed by atoms with Crippen molar-refractivity contribution >= 4 is 21.7 Å². The monoisotopic (exact) mass is 388 g/mol. The van der Waals surface area contributed by atoms with E-state index in [0.29, 0.717) is 19.5 Å². The van der Waals surface area contributed by atoms with E-state index in [9.17, 15) is 13.2 Å². The lowest BCUT2D eigenvalue weighted by Crippen LogP contribution is -2.42. The number of benzene rings is 1. The van der Waals surface area contributed by atoms with Gasteiger partial charge in [0, 0.05) is 37.9 Å². The summed E-state index contributed by atoms with van der Waals surface area (Å²) in [6, 6.07) is 13.2. The summed E-state index contributed by atoms with van der Waals surface area (Å²) < 4.78 is 23.0. The van der Waals surface area contributed by atoms with Crippen LogP contribution in [0.2, 0.25) is 0 Å². The highest BCUT2D eigenvalue weighted by molar-refractivity contribution is 7.91. The Balaban J connectivity index is 1.58. The van der Waals surface area contributed by atoms with Gasteiger partial charge in [-0.3, -0.25) is 0 Å². The maximum Gasteiger partial charge on any atom is 0.315 e. The smallest absolute Gasteiger partial charge is 0.315 e. The quantitative estimate of drug-likeness (QED) is 0.786. The van der Waals surface area contributed by atoms with Gasteiger partial charge >= 0.3 is 6.03 Å². The van der Waals surface area contributed by atoms with Crippen LogP contribution in [0.4, 0.5) is 10.6 Å². The van der Waals surface area contributed by atoms with Gasteiger partial charge in [-0.05, 0) is 18.1 Å². The molecule has 3 rings (SSSR count). The summed E-state index contributed by atoms with van der Waals surface area (Å²) in [5, 5.41) is 5.53. The average Bonchev–Trinajstić information content (AvgIpc) is 2.99. The number of anilines is 1. The highest BCUT2D eigenvalue weighted by Gasteiger charge is 2.28. The number of carbonyl (C=O) groups is 1. The summed E-state index contributed by atoms with van der Waals surface area (Å²) in [7, 11) is -1.05. The lowest BCUT2D eigenvalue weighted by Gasteiger charge is -2.21. The van der Waals surface area contributed by atoms with Gasteiger partial charge in [-0.25, -0.2) is 18.2 Å². The van der Waals surface area contributed by atoms with E-state index < -0.39 is 9.84 Å². The van der Waals surface area contributed by atoms with E-state index in [-0.39, 0.29) is 23.6 Å². The minimum absolute atomic E-state index is 0.0123. The normalized spacial score (nSPS) is 18.0. The van der Waals surface area contributed by atoms with Gasteiger partial charge in [0.2, 0.25) is 0 Å². The van der Waals surface area contributed by atoms with Crippen molar-refractivity contribution in [2.75, 3.05) is 23.5 Å². The first-order valence-corrected chi connectivity index (χ1v) is 10.7. The third kappa shape index (κ3) is 5.43. The molecule has 1 aromatic heterocycles. The van der Waals surface area contributed by atoms with Crippen LogP contribution in [-0.4, -0.2) is 44.0 Å². The summed E-state index contributed by atoms with van der Waals surface area (Å²) in [6.45, 7) is 1.02. The van der Waals surface area contributed by atoms with E-state index in [2.05, 4.69) is 27.8 Å². The van der Waals surface area contributed by atoms with Crippen LogP contribution in [0.1, 0.15) is 17.5 Å². The van der Waals surface area contributed by atoms with Crippen molar-refractivity contribution in [3.63, 3.8) is 0 Å². The molecule has 1 atom stereocenters. The molecule has 2 amide bonds. The molecular formula is C19H24N4O3S. The zero-order chi connectivity index (χ0) is 19.3. The highest BCUT2D eigenvalue weighted by Crippen LogP contribution is 2.18. The molecule has 1 saturated heterocycles. The van der Waals surface area contributed by atoms with Crippen molar-refractivity contribution in [3.05, 3.63) is 59.8 Å². The topological polar surface area (TPSA) is 91.4 Å². The number of hydrogen-bond acceptors (Lipinski definition) is 5. The highest BCUT2D eigenvalue weighted by atomic mass is 32.2. The fraction of sp³-hybridized carbons (Fsp3) is 0.368. The zero-order valence-electron chi connectivity index (χ0n) is 15.3. The first-order valence-electron chi connectivity index (χ1n) is 8.87. The Bertz CT molecular complexity index is 887. The van der Waals surface area contributed by atoms with E-state index in [1.807, 2.05) is 42.3 Å². The first kappa shape index (κ1) is 19.2. The van der Waals surface area contributed by atoms with Crippen molar-refractivity contribution in [2.24, 2.45) is 0 Å². The number of rotatable bonds is 6. The molecule has 2 N–H and O–H groups in total. The van der Waals surface area contributed by atoms with Crippen LogP contribution in [0.15, 0.2) is 48.7 Å². The number of carbonyl (C=O) groups excluding carboxylic acids is 1. The molecule has 0 radical (unpaired) electrons. The van der Waals surface area contributed by atoms with Gasteiger partial charge in [0.1, 0.15) is 5.82 Å². The molecule has 0 bridgehead atoms. The fourth-order valence-electron chi connectivity index (χ4n) is 3.16. The van der Waals surface area contributed by atoms with Gasteiger partial charge in [0.05, 0.1) is 11.5 Å². The molecule has 1 aromatic carbocycles. The average molecular weight is 388 g/mol. The van der Waals surface area contributed by atoms with Crippen LogP contribution in [0.5, 0.6) is 0 Å². The SMILES string of the molecule is CN(Cc1ccccc1)c1ncccc1CNC(=O)N[C@@H]1CCS(=O)(=O)C1. The van der Waals surface area contributed by atoms with Gasteiger partial charge in [0.15, 0.2) is 9.84 Å². The number of urea groups is 1. The maximum absolute atomic E-state index is 12.1. The predicted molar refractivity (Wildman–Crippen MR) is 105 cm³/mol. The molecule has 8 heteroatoms. The Hall–Kier alpha value is -2.61. The zero-order valence-corrected chi connectivity index (χ0v) is 16.1. The van der Waals surface area contributed by atoms with Crippen molar-refractivity contribution in [1.82, 2.24) is 15.6 Å². The predicted octanol–water partition coefficient (Wildman–Crippen LogP) is 1.70. The summed E-state index contributed by atoms with van der Waals surface area (Å²) in [5.41, 5.74) is 2.06. The van der Waals surface area contributed by atoms with Gasteiger partial charge in [-0.15, -0.1) is 0 Å². The molecule has 27 heavy (non-hydrogen) atoms. The number of nitrogens with one attached hydrogen (secondary N) is 2. The second-order valence-corrected chi connectivity index (χ2v) is 8.98. The lowest BCUT2D eigenvalue weighted by molar-refractivity contribution is 0.237. The molecule has 2 heterocycles. The molecule has 7 nitrogen and oxygen atoms in total. The van der Waals surface area contributed by atoms with E-state index >= 15 is 0 Å². The van der Waals surface area contributed by atoms with Crippen molar-refractivity contribution in [1.29, 1.82) is 0 Å². The third-order valence-corrected chi connectivity index (χ3v) is 6.27. The van der Waals surface area contributed by atoms with Crippen LogP contribution in [-0.2, 0) is 22.9 Å². The Morgan fingerprint density at radius 2 is 2.00 bits per heavy atom. The summed E-state index contributed by atoms with van der Waals surface area (Å²) in [4.78, 5) is 18.6. The lowest BCUT2D eigenvalue weighted by atomic mass is 10.2. The standard InChI is InChI=1S/C19H24N4O3S/c1-23(13-15-6-3-2-4-7-15)18-16(8-5-10-20-18)12-21-19(24)22-17-9-11-27(25,26)14-17/h2-8,10,17H,9,11-14H2,1H3,(H2,21,22,24)/t17-/m1/s1. The number of aromatic nitrogens is 1. The van der Waals surface area contributed by atoms with Crippen molar-refractivity contribution in [2.45, 2.75) is 25.6 Å². The van der Waals surface area contributed by atoms with Crippen molar-refractivity contribution in [3.8, 4) is 0 Å².